The van der Waals surface area contributed by atoms with Gasteiger partial charge in [-0.3, -0.25) is 5.32 Å². The zero-order valence-electron chi connectivity index (χ0n) is 7.71. The molecule has 0 aliphatic heterocycles. The molecule has 0 spiro atoms. The Hall–Kier alpha value is -1.78. The van der Waals surface area contributed by atoms with E-state index in [1.54, 1.807) is 6.92 Å². The van der Waals surface area contributed by atoms with E-state index in [4.69, 9.17) is 5.73 Å². The number of halogens is 1. The molecule has 0 radical (unpaired) electrons. The number of anilines is 2. The van der Waals surface area contributed by atoms with Gasteiger partial charge in [0, 0.05) is 0 Å². The quantitative estimate of drug-likeness (QED) is 0.714. The summed E-state index contributed by atoms with van der Waals surface area (Å²) < 4.78 is 17.3. The lowest BCUT2D eigenvalue weighted by Gasteiger charge is -2.07. The molecule has 1 rings (SSSR count). The first-order valence-corrected chi connectivity index (χ1v) is 4.12. The lowest BCUT2D eigenvalue weighted by molar-refractivity contribution is 0.168. The molecule has 14 heavy (non-hydrogen) atoms. The van der Waals surface area contributed by atoms with Gasteiger partial charge >= 0.3 is 6.09 Å². The molecule has 0 aliphatic rings. The van der Waals surface area contributed by atoms with Gasteiger partial charge in [-0.25, -0.2) is 9.18 Å². The van der Waals surface area contributed by atoms with Crippen molar-refractivity contribution in [2.45, 2.75) is 6.92 Å². The third kappa shape index (κ3) is 2.62. The van der Waals surface area contributed by atoms with Crippen molar-refractivity contribution in [1.82, 2.24) is 0 Å². The number of amides is 1. The Bertz CT molecular complexity index is 342. The number of ether oxygens (including phenoxy) is 1. The van der Waals surface area contributed by atoms with E-state index in [1.165, 1.54) is 12.1 Å². The summed E-state index contributed by atoms with van der Waals surface area (Å²) in [6.07, 6.45) is -0.648. The first kappa shape index (κ1) is 10.3. The van der Waals surface area contributed by atoms with Crippen molar-refractivity contribution in [3.05, 3.63) is 24.0 Å². The summed E-state index contributed by atoms with van der Waals surface area (Å²) in [5.41, 5.74) is 6.00. The maximum atomic E-state index is 12.7. The van der Waals surface area contributed by atoms with Gasteiger partial charge in [-0.15, -0.1) is 0 Å². The number of benzene rings is 1. The second-order valence-electron chi connectivity index (χ2n) is 2.58. The van der Waals surface area contributed by atoms with E-state index in [9.17, 15) is 9.18 Å². The molecule has 0 heterocycles. The Labute approximate surface area is 80.9 Å². The van der Waals surface area contributed by atoms with Crippen LogP contribution >= 0.6 is 0 Å². The van der Waals surface area contributed by atoms with Crippen molar-refractivity contribution in [2.75, 3.05) is 17.7 Å². The smallest absolute Gasteiger partial charge is 0.411 e. The highest BCUT2D eigenvalue weighted by Crippen LogP contribution is 2.19. The van der Waals surface area contributed by atoms with Crippen molar-refractivity contribution >= 4 is 17.5 Å². The van der Waals surface area contributed by atoms with E-state index in [2.05, 4.69) is 10.1 Å². The minimum absolute atomic E-state index is 0.212. The monoisotopic (exact) mass is 198 g/mol. The summed E-state index contributed by atoms with van der Waals surface area (Å²) in [7, 11) is 0. The molecule has 1 aromatic carbocycles. The van der Waals surface area contributed by atoms with Gasteiger partial charge in [0.2, 0.25) is 0 Å². The van der Waals surface area contributed by atoms with E-state index in [0.717, 1.165) is 6.07 Å². The number of rotatable bonds is 2. The van der Waals surface area contributed by atoms with Gasteiger partial charge in [-0.1, -0.05) is 0 Å². The fourth-order valence-electron chi connectivity index (χ4n) is 0.914. The molecule has 0 aromatic heterocycles. The maximum absolute atomic E-state index is 12.7. The van der Waals surface area contributed by atoms with Crippen LogP contribution in [-0.4, -0.2) is 12.7 Å². The van der Waals surface area contributed by atoms with E-state index in [1.807, 2.05) is 0 Å². The summed E-state index contributed by atoms with van der Waals surface area (Å²) in [5, 5.41) is 2.33. The van der Waals surface area contributed by atoms with Crippen LogP contribution in [0.1, 0.15) is 6.92 Å². The molecule has 0 atom stereocenters. The highest BCUT2D eigenvalue weighted by Gasteiger charge is 2.05. The Balaban J connectivity index is 2.75. The Kier molecular flexibility index (Phi) is 3.28. The molecule has 4 nitrogen and oxygen atoms in total. The average Bonchev–Trinajstić information content (AvgIpc) is 2.12. The van der Waals surface area contributed by atoms with Crippen LogP contribution in [-0.2, 0) is 4.74 Å². The van der Waals surface area contributed by atoms with Crippen molar-refractivity contribution in [1.29, 1.82) is 0 Å². The summed E-state index contributed by atoms with van der Waals surface area (Å²) in [6, 6.07) is 3.72. The fourth-order valence-corrected chi connectivity index (χ4v) is 0.914. The molecule has 3 N–H and O–H groups in total. The highest BCUT2D eigenvalue weighted by molar-refractivity contribution is 5.88. The number of carbonyl (C=O) groups excluding carboxylic acids is 1. The zero-order chi connectivity index (χ0) is 10.6. The Morgan fingerprint density at radius 3 is 3.00 bits per heavy atom. The number of hydrogen-bond acceptors (Lipinski definition) is 3. The van der Waals surface area contributed by atoms with Crippen LogP contribution in [0.5, 0.6) is 0 Å². The van der Waals surface area contributed by atoms with Gasteiger partial charge in [0.05, 0.1) is 18.0 Å². The van der Waals surface area contributed by atoms with Gasteiger partial charge in [-0.2, -0.15) is 0 Å². The fraction of sp³-hybridized carbons (Fsp3) is 0.222. The molecular weight excluding hydrogens is 187 g/mol. The number of nitrogen functional groups attached to an aromatic ring is 1. The molecule has 0 saturated carbocycles. The average molecular weight is 198 g/mol. The predicted octanol–water partition coefficient (Wildman–Crippen LogP) is 1.98. The van der Waals surface area contributed by atoms with E-state index >= 15 is 0 Å². The summed E-state index contributed by atoms with van der Waals surface area (Å²) in [4.78, 5) is 11.0. The van der Waals surface area contributed by atoms with E-state index in [-0.39, 0.29) is 12.3 Å². The van der Waals surface area contributed by atoms with Crippen LogP contribution in [0.25, 0.3) is 0 Å². The van der Waals surface area contributed by atoms with Gasteiger partial charge in [0.1, 0.15) is 5.82 Å². The molecule has 76 valence electrons. The van der Waals surface area contributed by atoms with Gasteiger partial charge in [0.25, 0.3) is 0 Å². The largest absolute Gasteiger partial charge is 0.450 e. The standard InChI is InChI=1S/C9H11FN2O2/c1-2-14-9(13)12-8-5-6(10)3-4-7(8)11/h3-5H,2,11H2,1H3,(H,12,13). The molecule has 5 heteroatoms. The lowest BCUT2D eigenvalue weighted by Crippen LogP contribution is -2.14. The number of hydrogen-bond donors (Lipinski definition) is 2. The van der Waals surface area contributed by atoms with Crippen LogP contribution < -0.4 is 11.1 Å². The van der Waals surface area contributed by atoms with Gasteiger partial charge in [0.15, 0.2) is 0 Å². The lowest BCUT2D eigenvalue weighted by atomic mass is 10.2. The Morgan fingerprint density at radius 2 is 2.36 bits per heavy atom. The van der Waals surface area contributed by atoms with Crippen LogP contribution in [0, 0.1) is 5.82 Å². The molecule has 1 aromatic rings. The van der Waals surface area contributed by atoms with Crippen LogP contribution in [0.2, 0.25) is 0 Å². The van der Waals surface area contributed by atoms with E-state index in [0.29, 0.717) is 5.69 Å². The number of nitrogens with one attached hydrogen (secondary N) is 1. The third-order valence-corrected chi connectivity index (χ3v) is 1.53. The molecule has 0 bridgehead atoms. The molecule has 1 amide bonds. The first-order chi connectivity index (χ1) is 6.63. The van der Waals surface area contributed by atoms with Crippen LogP contribution in [0.15, 0.2) is 18.2 Å². The molecule has 0 fully saturated rings. The third-order valence-electron chi connectivity index (χ3n) is 1.53. The highest BCUT2D eigenvalue weighted by atomic mass is 19.1. The van der Waals surface area contributed by atoms with Crippen molar-refractivity contribution in [2.24, 2.45) is 0 Å². The second-order valence-corrected chi connectivity index (χ2v) is 2.58. The van der Waals surface area contributed by atoms with E-state index < -0.39 is 11.9 Å². The van der Waals surface area contributed by atoms with Crippen LogP contribution in [0.4, 0.5) is 20.6 Å². The van der Waals surface area contributed by atoms with Gasteiger partial charge in [-0.05, 0) is 25.1 Å². The topological polar surface area (TPSA) is 64.3 Å². The molecule has 0 unspecified atom stereocenters. The van der Waals surface area contributed by atoms with Crippen molar-refractivity contribution < 1.29 is 13.9 Å². The molecular formula is C9H11FN2O2. The Morgan fingerprint density at radius 1 is 1.64 bits per heavy atom. The summed E-state index contributed by atoms with van der Waals surface area (Å²) >= 11 is 0. The van der Waals surface area contributed by atoms with Gasteiger partial charge < -0.3 is 10.5 Å². The first-order valence-electron chi connectivity index (χ1n) is 4.12. The molecule has 0 aliphatic carbocycles. The number of carbonyl (C=O) groups is 1. The SMILES string of the molecule is CCOC(=O)Nc1cc(F)ccc1N. The zero-order valence-corrected chi connectivity index (χ0v) is 7.71. The normalized spacial score (nSPS) is 9.57. The summed E-state index contributed by atoms with van der Waals surface area (Å²) in [6.45, 7) is 1.93. The minimum atomic E-state index is -0.648. The minimum Gasteiger partial charge on any atom is -0.450 e. The number of nitrogens with two attached hydrogens (primary N) is 1. The van der Waals surface area contributed by atoms with Crippen molar-refractivity contribution in [3.8, 4) is 0 Å². The maximum Gasteiger partial charge on any atom is 0.411 e. The summed E-state index contributed by atoms with van der Waals surface area (Å²) in [5.74, 6) is -0.467. The van der Waals surface area contributed by atoms with Crippen molar-refractivity contribution in [3.63, 3.8) is 0 Å². The predicted molar refractivity (Wildman–Crippen MR) is 51.5 cm³/mol. The molecule has 0 saturated heterocycles. The van der Waals surface area contributed by atoms with Crippen LogP contribution in [0.3, 0.4) is 0 Å². The second kappa shape index (κ2) is 4.45.